The van der Waals surface area contributed by atoms with Gasteiger partial charge in [-0.3, -0.25) is 9.79 Å². The Bertz CT molecular complexity index is 984. The maximum Gasteiger partial charge on any atom is 0.167 e. The molecule has 0 atom stereocenters. The second kappa shape index (κ2) is 6.81. The maximum absolute atomic E-state index is 10.7. The van der Waals surface area contributed by atoms with Gasteiger partial charge in [0.15, 0.2) is 6.29 Å². The van der Waals surface area contributed by atoms with Crippen LogP contribution in [0.15, 0.2) is 65.2 Å². The average Bonchev–Trinajstić information content (AvgIpc) is 3.29. The summed E-state index contributed by atoms with van der Waals surface area (Å²) in [5, 5.41) is 8.58. The van der Waals surface area contributed by atoms with Crippen molar-refractivity contribution in [3.05, 3.63) is 65.7 Å². The number of benzene rings is 2. The molecule has 1 aromatic heterocycles. The summed E-state index contributed by atoms with van der Waals surface area (Å²) in [4.78, 5) is 14.9. The monoisotopic (exact) mass is 330 g/mol. The second-order valence-corrected chi connectivity index (χ2v) is 6.13. The van der Waals surface area contributed by atoms with Gasteiger partial charge in [0.2, 0.25) is 0 Å². The quantitative estimate of drug-likeness (QED) is 0.651. The lowest BCUT2D eigenvalue weighted by Crippen LogP contribution is -2.02. The minimum atomic E-state index is 0.560. The van der Waals surface area contributed by atoms with Crippen molar-refractivity contribution in [3.8, 4) is 5.69 Å². The van der Waals surface area contributed by atoms with Crippen molar-refractivity contribution >= 4 is 23.0 Å². The molecule has 2 aromatic carbocycles. The molecular weight excluding hydrogens is 312 g/mol. The Hall–Kier alpha value is -3.08. The number of aryl methyl sites for hydroxylation is 1. The van der Waals surface area contributed by atoms with Crippen LogP contribution in [-0.4, -0.2) is 33.5 Å². The first-order valence-corrected chi connectivity index (χ1v) is 8.43. The molecule has 3 aromatic rings. The lowest BCUT2D eigenvalue weighted by molar-refractivity contribution is -0.102. The number of nitrogens with zero attached hydrogens (tertiary/aromatic N) is 4. The van der Waals surface area contributed by atoms with Gasteiger partial charge < -0.3 is 0 Å². The topological polar surface area (TPSA) is 60.1 Å². The molecule has 0 saturated heterocycles. The maximum atomic E-state index is 10.7. The Morgan fingerprint density at radius 1 is 1.04 bits per heavy atom. The highest BCUT2D eigenvalue weighted by Crippen LogP contribution is 2.22. The van der Waals surface area contributed by atoms with E-state index < -0.39 is 0 Å². The number of aromatic nitrogens is 3. The first kappa shape index (κ1) is 15.4. The van der Waals surface area contributed by atoms with E-state index in [1.165, 1.54) is 11.1 Å². The summed E-state index contributed by atoms with van der Waals surface area (Å²) in [5.74, 6) is 0. The SMILES string of the molecule is O=CC1=NCC(CCCc2ccccc2-n2nnc3ccccc32)=C1. The van der Waals surface area contributed by atoms with Gasteiger partial charge in [0, 0.05) is 0 Å². The molecule has 5 heteroatoms. The summed E-state index contributed by atoms with van der Waals surface area (Å²) in [6, 6.07) is 16.3. The van der Waals surface area contributed by atoms with E-state index in [-0.39, 0.29) is 0 Å². The van der Waals surface area contributed by atoms with Crippen LogP contribution >= 0.6 is 0 Å². The van der Waals surface area contributed by atoms with E-state index in [1.807, 2.05) is 41.1 Å². The highest BCUT2D eigenvalue weighted by atomic mass is 16.1. The zero-order valence-electron chi connectivity index (χ0n) is 13.8. The first-order valence-electron chi connectivity index (χ1n) is 8.43. The third kappa shape index (κ3) is 3.13. The van der Waals surface area contributed by atoms with Gasteiger partial charge in [0.25, 0.3) is 0 Å². The van der Waals surface area contributed by atoms with Crippen molar-refractivity contribution in [1.82, 2.24) is 15.0 Å². The molecule has 0 spiro atoms. The van der Waals surface area contributed by atoms with Crippen molar-refractivity contribution in [3.63, 3.8) is 0 Å². The number of rotatable bonds is 6. The van der Waals surface area contributed by atoms with E-state index in [9.17, 15) is 4.79 Å². The van der Waals surface area contributed by atoms with Crippen LogP contribution in [0.1, 0.15) is 18.4 Å². The standard InChI is InChI=1S/C20H18N4O/c25-14-17-12-15(13-21-17)6-5-8-16-7-1-3-10-19(16)24-20-11-4-2-9-18(20)22-23-24/h1-4,7,9-12,14H,5-6,8,13H2. The van der Waals surface area contributed by atoms with E-state index in [0.29, 0.717) is 12.3 Å². The molecule has 0 saturated carbocycles. The molecule has 25 heavy (non-hydrogen) atoms. The van der Waals surface area contributed by atoms with Gasteiger partial charge in [-0.1, -0.05) is 35.5 Å². The first-order chi connectivity index (χ1) is 12.3. The van der Waals surface area contributed by atoms with Crippen LogP contribution in [0.4, 0.5) is 0 Å². The Morgan fingerprint density at radius 3 is 2.76 bits per heavy atom. The summed E-state index contributed by atoms with van der Waals surface area (Å²) < 4.78 is 1.91. The number of aliphatic imine (C=N–C) groups is 1. The third-order valence-corrected chi connectivity index (χ3v) is 4.45. The predicted molar refractivity (Wildman–Crippen MR) is 98.3 cm³/mol. The minimum Gasteiger partial charge on any atom is -0.296 e. The fraction of sp³-hybridized carbons (Fsp3) is 0.200. The molecule has 0 aliphatic carbocycles. The Balaban J connectivity index is 1.53. The molecule has 0 bridgehead atoms. The van der Waals surface area contributed by atoms with Crippen molar-refractivity contribution in [2.24, 2.45) is 4.99 Å². The number of aldehydes is 1. The zero-order valence-corrected chi connectivity index (χ0v) is 13.8. The smallest absolute Gasteiger partial charge is 0.167 e. The number of hydrogen-bond acceptors (Lipinski definition) is 4. The molecule has 0 amide bonds. The fourth-order valence-electron chi connectivity index (χ4n) is 3.20. The Morgan fingerprint density at radius 2 is 1.88 bits per heavy atom. The highest BCUT2D eigenvalue weighted by molar-refractivity contribution is 6.34. The number of allylic oxidation sites excluding steroid dienone is 1. The molecule has 0 N–H and O–H groups in total. The summed E-state index contributed by atoms with van der Waals surface area (Å²) in [7, 11) is 0. The molecule has 0 unspecified atom stereocenters. The van der Waals surface area contributed by atoms with E-state index >= 15 is 0 Å². The van der Waals surface area contributed by atoms with Crippen LogP contribution in [-0.2, 0) is 11.2 Å². The van der Waals surface area contributed by atoms with Crippen LogP contribution in [0.5, 0.6) is 0 Å². The van der Waals surface area contributed by atoms with Crippen LogP contribution in [0.2, 0.25) is 0 Å². The molecule has 2 heterocycles. The zero-order chi connectivity index (χ0) is 17.1. The molecule has 124 valence electrons. The van der Waals surface area contributed by atoms with Gasteiger partial charge in [-0.2, -0.15) is 0 Å². The number of para-hydroxylation sites is 2. The van der Waals surface area contributed by atoms with Crippen LogP contribution in [0.25, 0.3) is 16.7 Å². The molecule has 4 rings (SSSR count). The Labute approximate surface area is 145 Å². The highest BCUT2D eigenvalue weighted by Gasteiger charge is 2.11. The van der Waals surface area contributed by atoms with Crippen LogP contribution < -0.4 is 0 Å². The summed E-state index contributed by atoms with van der Waals surface area (Å²) in [5.41, 5.74) is 6.01. The van der Waals surface area contributed by atoms with Crippen molar-refractivity contribution in [2.45, 2.75) is 19.3 Å². The van der Waals surface area contributed by atoms with Gasteiger partial charge >= 0.3 is 0 Å². The molecular formula is C20H18N4O. The van der Waals surface area contributed by atoms with Gasteiger partial charge in [0.1, 0.15) is 5.52 Å². The van der Waals surface area contributed by atoms with E-state index in [1.54, 1.807) is 0 Å². The lowest BCUT2D eigenvalue weighted by atomic mass is 10.0. The molecule has 1 aliphatic heterocycles. The van der Waals surface area contributed by atoms with Crippen molar-refractivity contribution < 1.29 is 4.79 Å². The molecule has 1 aliphatic rings. The lowest BCUT2D eigenvalue weighted by Gasteiger charge is -2.10. The molecule has 0 radical (unpaired) electrons. The van der Waals surface area contributed by atoms with E-state index in [4.69, 9.17) is 0 Å². The summed E-state index contributed by atoms with van der Waals surface area (Å²) in [6.45, 7) is 0.656. The summed E-state index contributed by atoms with van der Waals surface area (Å²) >= 11 is 0. The minimum absolute atomic E-state index is 0.560. The van der Waals surface area contributed by atoms with E-state index in [0.717, 1.165) is 42.3 Å². The molecule has 0 fully saturated rings. The largest absolute Gasteiger partial charge is 0.296 e. The third-order valence-electron chi connectivity index (χ3n) is 4.45. The van der Waals surface area contributed by atoms with Gasteiger partial charge in [-0.25, -0.2) is 4.68 Å². The predicted octanol–water partition coefficient (Wildman–Crippen LogP) is 3.32. The molecule has 5 nitrogen and oxygen atoms in total. The number of carbonyl (C=O) groups excluding carboxylic acids is 1. The number of hydrogen-bond donors (Lipinski definition) is 0. The van der Waals surface area contributed by atoms with Crippen molar-refractivity contribution in [1.29, 1.82) is 0 Å². The van der Waals surface area contributed by atoms with Gasteiger partial charge in [-0.05, 0) is 54.7 Å². The van der Waals surface area contributed by atoms with Crippen LogP contribution in [0.3, 0.4) is 0 Å². The van der Waals surface area contributed by atoms with Gasteiger partial charge in [-0.15, -0.1) is 5.10 Å². The van der Waals surface area contributed by atoms with Crippen molar-refractivity contribution in [2.75, 3.05) is 6.54 Å². The number of fused-ring (bicyclic) bond motifs is 1. The Kier molecular flexibility index (Phi) is 4.21. The number of carbonyl (C=O) groups is 1. The van der Waals surface area contributed by atoms with E-state index in [2.05, 4.69) is 33.5 Å². The summed E-state index contributed by atoms with van der Waals surface area (Å²) in [6.07, 6.45) is 5.63. The second-order valence-electron chi connectivity index (χ2n) is 6.13. The van der Waals surface area contributed by atoms with Crippen LogP contribution in [0, 0.1) is 0 Å². The normalized spacial score (nSPS) is 13.8. The average molecular weight is 330 g/mol. The fourth-order valence-corrected chi connectivity index (χ4v) is 3.20. The van der Waals surface area contributed by atoms with Gasteiger partial charge in [0.05, 0.1) is 23.5 Å².